The van der Waals surface area contributed by atoms with Crippen LogP contribution in [0.25, 0.3) is 22.7 Å². The summed E-state index contributed by atoms with van der Waals surface area (Å²) in [6, 6.07) is 5.17. The number of aromatic nitrogens is 4. The molecule has 0 radical (unpaired) electrons. The third-order valence-corrected chi connectivity index (χ3v) is 6.10. The van der Waals surface area contributed by atoms with Crippen LogP contribution in [0.5, 0.6) is 5.75 Å². The Balaban J connectivity index is 1.36. The molecule has 2 aliphatic rings. The van der Waals surface area contributed by atoms with Gasteiger partial charge in [0.15, 0.2) is 5.82 Å². The number of hydrogen-bond donors (Lipinski definition) is 2. The van der Waals surface area contributed by atoms with Gasteiger partial charge in [-0.05, 0) is 44.4 Å². The Bertz CT molecular complexity index is 1060. The number of piperidine rings is 1. The van der Waals surface area contributed by atoms with Crippen molar-refractivity contribution >= 4 is 5.82 Å². The summed E-state index contributed by atoms with van der Waals surface area (Å²) in [5.74, 6) is 1.52. The van der Waals surface area contributed by atoms with Gasteiger partial charge in [0.2, 0.25) is 0 Å². The number of rotatable bonds is 4. The van der Waals surface area contributed by atoms with Gasteiger partial charge in [0.25, 0.3) is 5.89 Å². The number of nitrogens with zero attached hydrogens (tertiary/aromatic N) is 5. The molecule has 2 aliphatic heterocycles. The van der Waals surface area contributed by atoms with Crippen LogP contribution < -0.4 is 10.2 Å². The van der Waals surface area contributed by atoms with Gasteiger partial charge in [-0.1, -0.05) is 5.16 Å². The Morgan fingerprint density at radius 3 is 2.80 bits per heavy atom. The van der Waals surface area contributed by atoms with Crippen LogP contribution in [-0.4, -0.2) is 56.6 Å². The molecule has 8 nitrogen and oxygen atoms in total. The second kappa shape index (κ2) is 7.32. The molecular formula is C21H23FN6O2. The summed E-state index contributed by atoms with van der Waals surface area (Å²) in [5, 5.41) is 17.6. The second-order valence-electron chi connectivity index (χ2n) is 8.04. The summed E-state index contributed by atoms with van der Waals surface area (Å²) in [7, 11) is 1.87. The Morgan fingerprint density at radius 2 is 2.10 bits per heavy atom. The minimum Gasteiger partial charge on any atom is -0.507 e. The van der Waals surface area contributed by atoms with Gasteiger partial charge in [0, 0.05) is 30.3 Å². The summed E-state index contributed by atoms with van der Waals surface area (Å²) in [6.45, 7) is 1.73. The molecule has 30 heavy (non-hydrogen) atoms. The number of benzene rings is 1. The summed E-state index contributed by atoms with van der Waals surface area (Å²) >= 11 is 0. The number of aromatic hydroxyl groups is 1. The predicted octanol–water partition coefficient (Wildman–Crippen LogP) is 2.87. The first-order valence-electron chi connectivity index (χ1n) is 10.1. The first-order chi connectivity index (χ1) is 14.5. The fourth-order valence-electron chi connectivity index (χ4n) is 4.46. The number of aryl methyl sites for hydroxylation is 1. The van der Waals surface area contributed by atoms with E-state index in [2.05, 4.69) is 25.4 Å². The molecule has 1 aromatic carbocycles. The molecule has 4 atom stereocenters. The van der Waals surface area contributed by atoms with Crippen molar-refractivity contribution in [2.24, 2.45) is 0 Å². The third kappa shape index (κ3) is 3.28. The van der Waals surface area contributed by atoms with E-state index in [4.69, 9.17) is 4.52 Å². The number of hydrogen-bond acceptors (Lipinski definition) is 8. The molecular weight excluding hydrogens is 387 g/mol. The number of halogens is 1. The molecule has 0 saturated carbocycles. The van der Waals surface area contributed by atoms with E-state index in [0.29, 0.717) is 40.4 Å². The average Bonchev–Trinajstić information content (AvgIpc) is 3.37. The van der Waals surface area contributed by atoms with Crippen LogP contribution in [0.4, 0.5) is 10.2 Å². The van der Waals surface area contributed by atoms with E-state index in [0.717, 1.165) is 19.3 Å². The predicted molar refractivity (Wildman–Crippen MR) is 109 cm³/mol. The molecule has 2 saturated heterocycles. The summed E-state index contributed by atoms with van der Waals surface area (Å²) < 4.78 is 20.0. The Labute approximate surface area is 173 Å². The van der Waals surface area contributed by atoms with E-state index in [1.165, 1.54) is 0 Å². The van der Waals surface area contributed by atoms with Gasteiger partial charge >= 0.3 is 0 Å². The summed E-state index contributed by atoms with van der Waals surface area (Å²) in [5.41, 5.74) is 1.69. The molecule has 3 aromatic rings. The van der Waals surface area contributed by atoms with Crippen LogP contribution in [-0.2, 0) is 0 Å². The van der Waals surface area contributed by atoms with Crippen molar-refractivity contribution in [2.75, 3.05) is 11.9 Å². The minimum atomic E-state index is -0.930. The van der Waals surface area contributed by atoms with E-state index in [1.807, 2.05) is 11.9 Å². The molecule has 0 amide bonds. The minimum absolute atomic E-state index is 0.0394. The lowest BCUT2D eigenvalue weighted by molar-refractivity contribution is 0.176. The van der Waals surface area contributed by atoms with E-state index in [9.17, 15) is 9.50 Å². The van der Waals surface area contributed by atoms with Crippen molar-refractivity contribution in [2.45, 2.75) is 50.5 Å². The molecule has 0 spiro atoms. The van der Waals surface area contributed by atoms with Crippen LogP contribution in [0.2, 0.25) is 0 Å². The van der Waals surface area contributed by atoms with Gasteiger partial charge in [-0.2, -0.15) is 4.98 Å². The largest absolute Gasteiger partial charge is 0.507 e. The Kier molecular flexibility index (Phi) is 4.62. The normalized spacial score (nSPS) is 25.4. The number of phenolic OH excluding ortho intramolecular Hbond substituents is 1. The molecule has 9 heteroatoms. The van der Waals surface area contributed by atoms with Crippen molar-refractivity contribution < 1.29 is 14.0 Å². The number of nitrogens with one attached hydrogen (secondary N) is 1. The zero-order chi connectivity index (χ0) is 20.8. The second-order valence-corrected chi connectivity index (χ2v) is 8.04. The lowest BCUT2D eigenvalue weighted by Crippen LogP contribution is -2.55. The molecule has 156 valence electrons. The number of phenols is 1. The fraction of sp³-hybridized carbons (Fsp3) is 0.429. The molecule has 2 bridgehead atoms. The molecule has 5 rings (SSSR count). The highest BCUT2D eigenvalue weighted by atomic mass is 19.1. The lowest BCUT2D eigenvalue weighted by Gasteiger charge is -2.38. The van der Waals surface area contributed by atoms with Gasteiger partial charge < -0.3 is 19.8 Å². The van der Waals surface area contributed by atoms with Crippen molar-refractivity contribution in [3.63, 3.8) is 0 Å². The number of alkyl halides is 1. The van der Waals surface area contributed by atoms with E-state index in [1.54, 1.807) is 37.5 Å². The van der Waals surface area contributed by atoms with Crippen LogP contribution in [0.3, 0.4) is 0 Å². The van der Waals surface area contributed by atoms with Crippen LogP contribution >= 0.6 is 0 Å². The molecule has 2 unspecified atom stereocenters. The molecule has 2 aromatic heterocycles. The number of fused-ring (bicyclic) bond motifs is 2. The van der Waals surface area contributed by atoms with Crippen LogP contribution in [0.1, 0.15) is 25.1 Å². The molecule has 2 N–H and O–H groups in total. The maximum absolute atomic E-state index is 14.8. The summed E-state index contributed by atoms with van der Waals surface area (Å²) in [6.07, 6.45) is 4.97. The van der Waals surface area contributed by atoms with E-state index in [-0.39, 0.29) is 17.8 Å². The fourth-order valence-corrected chi connectivity index (χ4v) is 4.46. The third-order valence-electron chi connectivity index (χ3n) is 6.10. The topological polar surface area (TPSA) is 100 Å². The van der Waals surface area contributed by atoms with Crippen LogP contribution in [0, 0.1) is 6.92 Å². The highest BCUT2D eigenvalue weighted by Gasteiger charge is 2.43. The van der Waals surface area contributed by atoms with Crippen molar-refractivity contribution in [1.29, 1.82) is 0 Å². The van der Waals surface area contributed by atoms with Gasteiger partial charge in [0.1, 0.15) is 17.7 Å². The van der Waals surface area contributed by atoms with E-state index < -0.39 is 6.17 Å². The molecule has 0 aliphatic carbocycles. The SMILES string of the molecule is Cc1noc(-c2ccc(-c3cnc(N(C)[C@@H]4CC5CCC(N5)[C@@H]4F)cn3)c(O)c2)n1. The average molecular weight is 410 g/mol. The Hall–Kier alpha value is -3.07. The van der Waals surface area contributed by atoms with Gasteiger partial charge in [-0.3, -0.25) is 4.98 Å². The van der Waals surface area contributed by atoms with Gasteiger partial charge in [-0.25, -0.2) is 9.37 Å². The number of anilines is 1. The van der Waals surface area contributed by atoms with Crippen molar-refractivity contribution in [3.8, 4) is 28.5 Å². The maximum atomic E-state index is 14.8. The zero-order valence-corrected chi connectivity index (χ0v) is 16.8. The van der Waals surface area contributed by atoms with E-state index >= 15 is 0 Å². The lowest BCUT2D eigenvalue weighted by atomic mass is 9.96. The maximum Gasteiger partial charge on any atom is 0.258 e. The molecule has 2 fully saturated rings. The van der Waals surface area contributed by atoms with Crippen LogP contribution in [0.15, 0.2) is 35.1 Å². The van der Waals surface area contributed by atoms with Crippen molar-refractivity contribution in [3.05, 3.63) is 36.4 Å². The smallest absolute Gasteiger partial charge is 0.258 e. The first-order valence-corrected chi connectivity index (χ1v) is 10.1. The van der Waals surface area contributed by atoms with Gasteiger partial charge in [0.05, 0.1) is 24.1 Å². The summed E-state index contributed by atoms with van der Waals surface area (Å²) in [4.78, 5) is 15.0. The highest BCUT2D eigenvalue weighted by Crippen LogP contribution is 2.34. The standard InChI is InChI=1S/C21H23FN6O2/c1-11-25-21(30-27-11)12-3-5-14(18(29)7-12)16-9-24-19(10-23-16)28(2)17-8-13-4-6-15(26-13)20(17)22/h3,5,7,9-10,13,15,17,20,26,29H,4,6,8H2,1-2H3/t13?,15?,17-,20+/m1/s1. The molecule has 4 heterocycles. The van der Waals surface area contributed by atoms with Gasteiger partial charge in [-0.15, -0.1) is 0 Å². The monoisotopic (exact) mass is 410 g/mol. The highest BCUT2D eigenvalue weighted by molar-refractivity contribution is 5.71. The first kappa shape index (κ1) is 18.9. The Morgan fingerprint density at radius 1 is 1.23 bits per heavy atom. The quantitative estimate of drug-likeness (QED) is 0.677. The zero-order valence-electron chi connectivity index (χ0n) is 16.8. The van der Waals surface area contributed by atoms with Crippen molar-refractivity contribution in [1.82, 2.24) is 25.4 Å².